The van der Waals surface area contributed by atoms with E-state index in [9.17, 15) is 9.59 Å². The average molecular weight is 366 g/mol. The summed E-state index contributed by atoms with van der Waals surface area (Å²) in [7, 11) is 0. The first kappa shape index (κ1) is 17.8. The maximum absolute atomic E-state index is 12.7. The largest absolute Gasteiger partial charge is 0.467 e. The van der Waals surface area contributed by atoms with Crippen LogP contribution in [0.3, 0.4) is 0 Å². The lowest BCUT2D eigenvalue weighted by Gasteiger charge is -2.21. The number of carbonyl (C=O) groups is 2. The number of nitrogens with one attached hydrogen (secondary N) is 1. The number of furan rings is 1. The van der Waals surface area contributed by atoms with Crippen molar-refractivity contribution in [2.24, 2.45) is 5.92 Å². The molecule has 0 saturated carbocycles. The summed E-state index contributed by atoms with van der Waals surface area (Å²) in [6, 6.07) is 10.2. The first-order valence-electron chi connectivity index (χ1n) is 9.82. The third-order valence-corrected chi connectivity index (χ3v) is 5.74. The molecule has 2 aliphatic rings. The fraction of sp³-hybridized carbons (Fsp3) is 0.455. The molecule has 5 heteroatoms. The van der Waals surface area contributed by atoms with Crippen LogP contribution in [-0.4, -0.2) is 23.3 Å². The Kier molecular flexibility index (Phi) is 5.01. The van der Waals surface area contributed by atoms with Gasteiger partial charge in [-0.15, -0.1) is 0 Å². The molecular weight excluding hydrogens is 340 g/mol. The average Bonchev–Trinajstić information content (AvgIpc) is 3.32. The normalized spacial score (nSPS) is 20.4. The van der Waals surface area contributed by atoms with Gasteiger partial charge in [0, 0.05) is 13.0 Å². The smallest absolute Gasteiger partial charge is 0.225 e. The Morgan fingerprint density at radius 2 is 2.07 bits per heavy atom. The topological polar surface area (TPSA) is 62.6 Å². The molecule has 1 N–H and O–H groups in total. The molecule has 1 aromatic carbocycles. The molecule has 1 saturated heterocycles. The number of amides is 2. The van der Waals surface area contributed by atoms with Gasteiger partial charge in [0.1, 0.15) is 5.76 Å². The molecule has 2 amide bonds. The van der Waals surface area contributed by atoms with E-state index in [0.29, 0.717) is 13.1 Å². The van der Waals surface area contributed by atoms with Crippen LogP contribution < -0.4 is 5.32 Å². The van der Waals surface area contributed by atoms with Gasteiger partial charge >= 0.3 is 0 Å². The lowest BCUT2D eigenvalue weighted by atomic mass is 9.89. The van der Waals surface area contributed by atoms with Crippen molar-refractivity contribution in [3.63, 3.8) is 0 Å². The second-order valence-corrected chi connectivity index (χ2v) is 7.72. The minimum Gasteiger partial charge on any atom is -0.467 e. The predicted molar refractivity (Wildman–Crippen MR) is 102 cm³/mol. The highest BCUT2D eigenvalue weighted by molar-refractivity contribution is 5.89. The number of rotatable bonds is 5. The van der Waals surface area contributed by atoms with Crippen molar-refractivity contribution in [2.75, 3.05) is 6.54 Å². The molecule has 0 spiro atoms. The Morgan fingerprint density at radius 1 is 1.26 bits per heavy atom. The second-order valence-electron chi connectivity index (χ2n) is 7.72. The number of fused-ring (bicyclic) bond motifs is 1. The maximum atomic E-state index is 12.7. The Labute approximate surface area is 159 Å². The molecule has 0 bridgehead atoms. The van der Waals surface area contributed by atoms with Crippen molar-refractivity contribution < 1.29 is 14.0 Å². The molecular formula is C22H26N2O3. The fourth-order valence-corrected chi connectivity index (χ4v) is 4.13. The van der Waals surface area contributed by atoms with Crippen LogP contribution in [0.5, 0.6) is 0 Å². The van der Waals surface area contributed by atoms with Crippen molar-refractivity contribution in [3.05, 3.63) is 59.0 Å². The summed E-state index contributed by atoms with van der Waals surface area (Å²) in [4.78, 5) is 26.6. The first-order valence-corrected chi connectivity index (χ1v) is 9.82. The van der Waals surface area contributed by atoms with Crippen LogP contribution in [-0.2, 0) is 29.0 Å². The van der Waals surface area contributed by atoms with Crippen LogP contribution in [0, 0.1) is 5.92 Å². The Hall–Kier alpha value is -2.56. The van der Waals surface area contributed by atoms with Gasteiger partial charge in [-0.25, -0.2) is 0 Å². The quantitative estimate of drug-likeness (QED) is 0.882. The van der Waals surface area contributed by atoms with Gasteiger partial charge in [-0.05, 0) is 61.4 Å². The van der Waals surface area contributed by atoms with Crippen LogP contribution in [0.25, 0.3) is 0 Å². The van der Waals surface area contributed by atoms with E-state index in [1.165, 1.54) is 24.0 Å². The van der Waals surface area contributed by atoms with Crippen LogP contribution in [0.2, 0.25) is 0 Å². The van der Waals surface area contributed by atoms with Crippen molar-refractivity contribution in [3.8, 4) is 0 Å². The Bertz CT molecular complexity index is 828. The minimum absolute atomic E-state index is 0.00739. The summed E-state index contributed by atoms with van der Waals surface area (Å²) in [5.74, 6) is 0.405. The van der Waals surface area contributed by atoms with E-state index in [0.717, 1.165) is 24.2 Å². The standard InChI is InChI=1S/C22H26N2O3/c1-15(17-9-8-16-5-2-3-6-18(16)11-17)23-22(26)19-12-21(25)24(13-19)14-20-7-4-10-27-20/h4,7-11,15,19H,2-3,5-6,12-14H2,1H3,(H,23,26)/t15-,19+/m0/s1. The summed E-state index contributed by atoms with van der Waals surface area (Å²) in [5, 5.41) is 3.10. The molecule has 1 aliphatic heterocycles. The van der Waals surface area contributed by atoms with Gasteiger partial charge in [-0.1, -0.05) is 18.2 Å². The molecule has 27 heavy (non-hydrogen) atoms. The van der Waals surface area contributed by atoms with Gasteiger partial charge in [0.15, 0.2) is 0 Å². The van der Waals surface area contributed by atoms with Crippen LogP contribution in [0.4, 0.5) is 0 Å². The highest BCUT2D eigenvalue weighted by Gasteiger charge is 2.35. The molecule has 0 unspecified atom stereocenters. The van der Waals surface area contributed by atoms with E-state index in [2.05, 4.69) is 23.5 Å². The number of hydrogen-bond acceptors (Lipinski definition) is 3. The number of nitrogens with zero attached hydrogens (tertiary/aromatic N) is 1. The summed E-state index contributed by atoms with van der Waals surface area (Å²) in [6.45, 7) is 2.89. The van der Waals surface area contributed by atoms with E-state index in [-0.39, 0.29) is 30.2 Å². The highest BCUT2D eigenvalue weighted by atomic mass is 16.3. The Balaban J connectivity index is 1.36. The molecule has 1 fully saturated rings. The molecule has 1 aliphatic carbocycles. The molecule has 2 aromatic rings. The Morgan fingerprint density at radius 3 is 2.85 bits per heavy atom. The second kappa shape index (κ2) is 7.59. The van der Waals surface area contributed by atoms with Crippen molar-refractivity contribution in [1.82, 2.24) is 10.2 Å². The van der Waals surface area contributed by atoms with Crippen LogP contribution >= 0.6 is 0 Å². The van der Waals surface area contributed by atoms with Crippen molar-refractivity contribution in [2.45, 2.75) is 51.6 Å². The monoisotopic (exact) mass is 366 g/mol. The minimum atomic E-state index is -0.299. The van der Waals surface area contributed by atoms with Gasteiger partial charge in [0.2, 0.25) is 11.8 Å². The van der Waals surface area contributed by atoms with Crippen LogP contribution in [0.1, 0.15) is 54.7 Å². The van der Waals surface area contributed by atoms with E-state index in [4.69, 9.17) is 4.42 Å². The number of hydrogen-bond donors (Lipinski definition) is 1. The van der Waals surface area contributed by atoms with Crippen molar-refractivity contribution >= 4 is 11.8 Å². The number of benzene rings is 1. The highest BCUT2D eigenvalue weighted by Crippen LogP contribution is 2.26. The first-order chi connectivity index (χ1) is 13.1. The third kappa shape index (κ3) is 3.92. The predicted octanol–water partition coefficient (Wildman–Crippen LogP) is 3.38. The van der Waals surface area contributed by atoms with Gasteiger partial charge in [0.25, 0.3) is 0 Å². The van der Waals surface area contributed by atoms with Crippen molar-refractivity contribution in [1.29, 1.82) is 0 Å². The SMILES string of the molecule is C[C@H](NC(=O)[C@@H]1CC(=O)N(Cc2ccco2)C1)c1ccc2c(c1)CCCC2. The zero-order chi connectivity index (χ0) is 18.8. The molecule has 142 valence electrons. The summed E-state index contributed by atoms with van der Waals surface area (Å²) < 4.78 is 5.31. The number of likely N-dealkylation sites (tertiary alicyclic amines) is 1. The maximum Gasteiger partial charge on any atom is 0.225 e. The molecule has 1 aromatic heterocycles. The summed E-state index contributed by atoms with van der Waals surface area (Å²) >= 11 is 0. The molecule has 5 nitrogen and oxygen atoms in total. The number of aryl methyl sites for hydroxylation is 2. The molecule has 0 radical (unpaired) electrons. The third-order valence-electron chi connectivity index (χ3n) is 5.74. The van der Waals surface area contributed by atoms with Gasteiger partial charge in [-0.2, -0.15) is 0 Å². The molecule has 2 heterocycles. The number of carbonyl (C=O) groups excluding carboxylic acids is 2. The lowest BCUT2D eigenvalue weighted by Crippen LogP contribution is -2.34. The molecule has 4 rings (SSSR count). The van der Waals surface area contributed by atoms with Gasteiger partial charge < -0.3 is 14.6 Å². The van der Waals surface area contributed by atoms with Crippen LogP contribution in [0.15, 0.2) is 41.0 Å². The molecule has 2 atom stereocenters. The van der Waals surface area contributed by atoms with E-state index in [1.54, 1.807) is 17.2 Å². The van der Waals surface area contributed by atoms with E-state index >= 15 is 0 Å². The zero-order valence-corrected chi connectivity index (χ0v) is 15.7. The van der Waals surface area contributed by atoms with Gasteiger partial charge in [-0.3, -0.25) is 9.59 Å². The van der Waals surface area contributed by atoms with Gasteiger partial charge in [0.05, 0.1) is 24.8 Å². The zero-order valence-electron chi connectivity index (χ0n) is 15.7. The van der Waals surface area contributed by atoms with E-state index < -0.39 is 0 Å². The summed E-state index contributed by atoms with van der Waals surface area (Å²) in [6.07, 6.45) is 6.66. The van der Waals surface area contributed by atoms with E-state index in [1.807, 2.05) is 13.0 Å². The summed E-state index contributed by atoms with van der Waals surface area (Å²) in [5.41, 5.74) is 4.00. The lowest BCUT2D eigenvalue weighted by molar-refractivity contribution is -0.129. The fourth-order valence-electron chi connectivity index (χ4n) is 4.13.